The number of nitrogens with zero attached hydrogens (tertiary/aromatic N) is 6. The fraction of sp³-hybridized carbons (Fsp3) is 0.294. The molecule has 1 fully saturated rings. The Labute approximate surface area is 140 Å². The van der Waals surface area contributed by atoms with Crippen LogP contribution in [-0.4, -0.2) is 44.6 Å². The molecule has 3 heterocycles. The standard InChI is InChI=1S/C17H19N7/c1-3-15(4-2-14(1)13-24-21-7-8-22-24)16-11-19-9-10-23(16)17-12-18-5-6-20-17/h1-8,12,16,19H,9-11,13H2. The molecule has 0 amide bonds. The minimum absolute atomic E-state index is 0.257. The number of piperazine rings is 1. The van der Waals surface area contributed by atoms with Gasteiger partial charge in [-0.2, -0.15) is 15.0 Å². The molecule has 7 nitrogen and oxygen atoms in total. The van der Waals surface area contributed by atoms with Gasteiger partial charge < -0.3 is 10.2 Å². The highest BCUT2D eigenvalue weighted by Gasteiger charge is 2.24. The number of aromatic nitrogens is 5. The van der Waals surface area contributed by atoms with Gasteiger partial charge in [-0.3, -0.25) is 4.98 Å². The second-order valence-corrected chi connectivity index (χ2v) is 5.78. The third kappa shape index (κ3) is 3.11. The van der Waals surface area contributed by atoms with E-state index in [9.17, 15) is 0 Å². The van der Waals surface area contributed by atoms with Gasteiger partial charge >= 0.3 is 0 Å². The quantitative estimate of drug-likeness (QED) is 0.780. The van der Waals surface area contributed by atoms with E-state index in [2.05, 4.69) is 54.6 Å². The highest BCUT2D eigenvalue weighted by molar-refractivity contribution is 5.42. The monoisotopic (exact) mass is 321 g/mol. The molecule has 24 heavy (non-hydrogen) atoms. The van der Waals surface area contributed by atoms with Crippen LogP contribution >= 0.6 is 0 Å². The normalized spacial score (nSPS) is 17.8. The Bertz CT molecular complexity index is 755. The molecule has 1 N–H and O–H groups in total. The predicted octanol–water partition coefficient (Wildman–Crippen LogP) is 1.27. The average Bonchev–Trinajstić information content (AvgIpc) is 3.16. The lowest BCUT2D eigenvalue weighted by molar-refractivity contribution is 0.485. The maximum atomic E-state index is 4.46. The zero-order valence-corrected chi connectivity index (χ0v) is 13.3. The van der Waals surface area contributed by atoms with Crippen LogP contribution in [-0.2, 0) is 6.54 Å². The van der Waals surface area contributed by atoms with Gasteiger partial charge in [-0.25, -0.2) is 4.98 Å². The van der Waals surface area contributed by atoms with Gasteiger partial charge in [0.2, 0.25) is 0 Å². The molecule has 1 atom stereocenters. The molecule has 0 aliphatic carbocycles. The molecule has 2 aromatic heterocycles. The summed E-state index contributed by atoms with van der Waals surface area (Å²) >= 11 is 0. The number of hydrogen-bond acceptors (Lipinski definition) is 6. The fourth-order valence-electron chi connectivity index (χ4n) is 3.05. The van der Waals surface area contributed by atoms with Gasteiger partial charge in [-0.1, -0.05) is 24.3 Å². The Morgan fingerprint density at radius 3 is 2.62 bits per heavy atom. The molecule has 0 saturated carbocycles. The number of nitrogens with one attached hydrogen (secondary N) is 1. The molecule has 4 rings (SSSR count). The summed E-state index contributed by atoms with van der Waals surface area (Å²) in [7, 11) is 0. The summed E-state index contributed by atoms with van der Waals surface area (Å²) in [5.41, 5.74) is 2.45. The molecular formula is C17H19N7. The van der Waals surface area contributed by atoms with Gasteiger partial charge in [0, 0.05) is 32.0 Å². The first-order valence-electron chi connectivity index (χ1n) is 8.06. The summed E-state index contributed by atoms with van der Waals surface area (Å²) in [6.07, 6.45) is 8.67. The lowest BCUT2D eigenvalue weighted by Gasteiger charge is -2.37. The molecule has 1 unspecified atom stereocenters. The van der Waals surface area contributed by atoms with E-state index in [1.807, 2.05) is 6.20 Å². The van der Waals surface area contributed by atoms with Crippen molar-refractivity contribution in [3.05, 3.63) is 66.4 Å². The van der Waals surface area contributed by atoms with E-state index in [4.69, 9.17) is 0 Å². The molecule has 1 aliphatic heterocycles. The van der Waals surface area contributed by atoms with Crippen LogP contribution in [0.3, 0.4) is 0 Å². The van der Waals surface area contributed by atoms with Crippen molar-refractivity contribution < 1.29 is 0 Å². The van der Waals surface area contributed by atoms with E-state index in [0.29, 0.717) is 6.54 Å². The second-order valence-electron chi connectivity index (χ2n) is 5.78. The van der Waals surface area contributed by atoms with Crippen molar-refractivity contribution in [3.63, 3.8) is 0 Å². The van der Waals surface area contributed by atoms with Crippen molar-refractivity contribution in [2.45, 2.75) is 12.6 Å². The predicted molar refractivity (Wildman–Crippen MR) is 90.6 cm³/mol. The van der Waals surface area contributed by atoms with Gasteiger partial charge in [-0.05, 0) is 11.1 Å². The van der Waals surface area contributed by atoms with Crippen LogP contribution in [0.1, 0.15) is 17.2 Å². The van der Waals surface area contributed by atoms with E-state index < -0.39 is 0 Å². The summed E-state index contributed by atoms with van der Waals surface area (Å²) in [5, 5.41) is 11.8. The Balaban J connectivity index is 1.54. The van der Waals surface area contributed by atoms with Crippen molar-refractivity contribution in [1.29, 1.82) is 0 Å². The van der Waals surface area contributed by atoms with Crippen LogP contribution in [0.15, 0.2) is 55.2 Å². The molecular weight excluding hydrogens is 302 g/mol. The maximum absolute atomic E-state index is 4.46. The first-order valence-corrected chi connectivity index (χ1v) is 8.06. The van der Waals surface area contributed by atoms with E-state index in [1.54, 1.807) is 29.6 Å². The van der Waals surface area contributed by atoms with Crippen molar-refractivity contribution in [2.75, 3.05) is 24.5 Å². The van der Waals surface area contributed by atoms with E-state index >= 15 is 0 Å². The molecule has 0 radical (unpaired) electrons. The third-order valence-corrected chi connectivity index (χ3v) is 4.24. The zero-order valence-electron chi connectivity index (χ0n) is 13.3. The molecule has 7 heteroatoms. The molecule has 3 aromatic rings. The Morgan fingerprint density at radius 2 is 1.88 bits per heavy atom. The smallest absolute Gasteiger partial charge is 0.147 e. The lowest BCUT2D eigenvalue weighted by Crippen LogP contribution is -2.46. The van der Waals surface area contributed by atoms with Gasteiger partial charge in [-0.15, -0.1) is 0 Å². The SMILES string of the molecule is c1cnc(N2CCNCC2c2ccc(Cn3nccn3)cc2)cn1. The van der Waals surface area contributed by atoms with E-state index in [-0.39, 0.29) is 6.04 Å². The van der Waals surface area contributed by atoms with Crippen molar-refractivity contribution in [3.8, 4) is 0 Å². The number of rotatable bonds is 4. The summed E-state index contributed by atoms with van der Waals surface area (Å²) < 4.78 is 0. The van der Waals surface area contributed by atoms with Crippen LogP contribution in [0.4, 0.5) is 5.82 Å². The van der Waals surface area contributed by atoms with Gasteiger partial charge in [0.25, 0.3) is 0 Å². The van der Waals surface area contributed by atoms with Gasteiger partial charge in [0.05, 0.1) is 31.2 Å². The lowest BCUT2D eigenvalue weighted by atomic mass is 10.0. The van der Waals surface area contributed by atoms with Gasteiger partial charge in [0.15, 0.2) is 0 Å². The summed E-state index contributed by atoms with van der Waals surface area (Å²) in [6.45, 7) is 3.46. The molecule has 1 aliphatic rings. The first-order chi connectivity index (χ1) is 11.9. The number of hydrogen-bond donors (Lipinski definition) is 1. The highest BCUT2D eigenvalue weighted by atomic mass is 15.5. The van der Waals surface area contributed by atoms with Crippen molar-refractivity contribution in [1.82, 2.24) is 30.3 Å². The van der Waals surface area contributed by atoms with Crippen molar-refractivity contribution >= 4 is 5.82 Å². The fourth-order valence-corrected chi connectivity index (χ4v) is 3.05. The topological polar surface area (TPSA) is 71.8 Å². The van der Waals surface area contributed by atoms with E-state index in [1.165, 1.54) is 11.1 Å². The molecule has 0 bridgehead atoms. The first kappa shape index (κ1) is 14.8. The van der Waals surface area contributed by atoms with Crippen LogP contribution < -0.4 is 10.2 Å². The highest BCUT2D eigenvalue weighted by Crippen LogP contribution is 2.26. The maximum Gasteiger partial charge on any atom is 0.147 e. The van der Waals surface area contributed by atoms with Crippen molar-refractivity contribution in [2.24, 2.45) is 0 Å². The molecule has 1 aromatic carbocycles. The zero-order chi connectivity index (χ0) is 16.2. The molecule has 1 saturated heterocycles. The minimum atomic E-state index is 0.257. The van der Waals surface area contributed by atoms with Crippen LogP contribution in [0.25, 0.3) is 0 Å². The minimum Gasteiger partial charge on any atom is -0.346 e. The van der Waals surface area contributed by atoms with Crippen LogP contribution in [0.5, 0.6) is 0 Å². The van der Waals surface area contributed by atoms with Crippen LogP contribution in [0.2, 0.25) is 0 Å². The average molecular weight is 321 g/mol. The van der Waals surface area contributed by atoms with Gasteiger partial charge in [0.1, 0.15) is 5.82 Å². The summed E-state index contributed by atoms with van der Waals surface area (Å²) in [4.78, 5) is 12.7. The Morgan fingerprint density at radius 1 is 1.04 bits per heavy atom. The summed E-state index contributed by atoms with van der Waals surface area (Å²) in [6, 6.07) is 8.90. The number of anilines is 1. The largest absolute Gasteiger partial charge is 0.346 e. The third-order valence-electron chi connectivity index (χ3n) is 4.24. The Kier molecular flexibility index (Phi) is 4.16. The molecule has 0 spiro atoms. The summed E-state index contributed by atoms with van der Waals surface area (Å²) in [5.74, 6) is 0.925. The second kappa shape index (κ2) is 6.76. The Hall–Kier alpha value is -2.80. The van der Waals surface area contributed by atoms with Crippen LogP contribution in [0, 0.1) is 0 Å². The molecule has 122 valence electrons. The van der Waals surface area contributed by atoms with E-state index in [0.717, 1.165) is 25.5 Å². The number of benzene rings is 1.